The van der Waals surface area contributed by atoms with Crippen LogP contribution in [0, 0.1) is 34.1 Å². The van der Waals surface area contributed by atoms with Gasteiger partial charge in [0.2, 0.25) is 0 Å². The maximum absolute atomic E-state index is 13.6. The summed E-state index contributed by atoms with van der Waals surface area (Å²) in [4.78, 5) is 52.6. The van der Waals surface area contributed by atoms with Crippen LogP contribution in [0.2, 0.25) is 0 Å². The van der Waals surface area contributed by atoms with Crippen molar-refractivity contribution in [1.82, 2.24) is 9.80 Å². The Morgan fingerprint density at radius 3 is 1.60 bits per heavy atom. The van der Waals surface area contributed by atoms with Crippen molar-refractivity contribution >= 4 is 91.5 Å². The number of fused-ring (bicyclic) bond motifs is 2. The number of amides is 2. The van der Waals surface area contributed by atoms with Crippen LogP contribution in [0.5, 0.6) is 11.5 Å². The van der Waals surface area contributed by atoms with Crippen molar-refractivity contribution in [3.8, 4) is 11.5 Å². The third kappa shape index (κ3) is 10.4. The van der Waals surface area contributed by atoms with Crippen molar-refractivity contribution in [2.45, 2.75) is 77.0 Å². The third-order valence-corrected chi connectivity index (χ3v) is 13.4. The van der Waals surface area contributed by atoms with Gasteiger partial charge in [0.05, 0.1) is 32.2 Å². The maximum atomic E-state index is 13.6. The lowest BCUT2D eigenvalue weighted by Crippen LogP contribution is -2.41. The molecule has 0 aliphatic carbocycles. The van der Waals surface area contributed by atoms with E-state index in [0.717, 1.165) is 59.1 Å². The number of rotatable bonds is 15. The zero-order valence-electron chi connectivity index (χ0n) is 33.5. The fourth-order valence-electron chi connectivity index (χ4n) is 7.58. The Hall–Kier alpha value is -3.98. The van der Waals surface area contributed by atoms with Gasteiger partial charge in [-0.05, 0) is 127 Å². The molecule has 0 radical (unpaired) electrons. The Morgan fingerprint density at radius 1 is 0.724 bits per heavy atom. The first-order valence-electron chi connectivity index (χ1n) is 19.5. The lowest BCUT2D eigenvalue weighted by atomic mass is 10.0. The second kappa shape index (κ2) is 20.8. The summed E-state index contributed by atoms with van der Waals surface area (Å²) >= 11 is 15.1. The van der Waals surface area contributed by atoms with E-state index in [9.17, 15) is 29.8 Å². The molecule has 2 atom stereocenters. The molecule has 0 unspecified atom stereocenters. The Labute approximate surface area is 357 Å². The van der Waals surface area contributed by atoms with Gasteiger partial charge in [-0.2, -0.15) is 0 Å². The molecular weight excluding hydrogens is 824 g/mol. The average molecular weight is 874 g/mol. The average Bonchev–Trinajstić information content (AvgIpc) is 3.87. The van der Waals surface area contributed by atoms with Crippen LogP contribution >= 0.6 is 46.7 Å². The van der Waals surface area contributed by atoms with E-state index in [4.69, 9.17) is 32.7 Å². The number of nitro benzene ring substituents is 2. The largest absolute Gasteiger partial charge is 0.492 e. The lowest BCUT2D eigenvalue weighted by Gasteiger charge is -2.31. The third-order valence-electron chi connectivity index (χ3n) is 10.4. The highest BCUT2D eigenvalue weighted by Gasteiger charge is 2.38. The highest BCUT2D eigenvalue weighted by molar-refractivity contribution is 8.17. The second-order valence-electron chi connectivity index (χ2n) is 14.2. The number of hydrogen-bond acceptors (Lipinski definition) is 10. The van der Waals surface area contributed by atoms with Gasteiger partial charge in [-0.25, -0.2) is 0 Å². The van der Waals surface area contributed by atoms with Gasteiger partial charge in [0.25, 0.3) is 23.2 Å². The number of hydrogen-bond donors (Lipinski definition) is 0. The number of thioether (sulfide) groups is 2. The van der Waals surface area contributed by atoms with E-state index >= 15 is 0 Å². The number of ether oxygens (including phenoxy) is 2. The zero-order valence-corrected chi connectivity index (χ0v) is 36.6. The van der Waals surface area contributed by atoms with Crippen LogP contribution < -0.4 is 9.47 Å². The summed E-state index contributed by atoms with van der Waals surface area (Å²) in [5.74, 6) is 3.44. The van der Waals surface area contributed by atoms with E-state index in [1.165, 1.54) is 12.1 Å². The molecule has 312 valence electrons. The SMILES string of the molecule is CCSC(SCC)[C@@H]1CCCN1C(=O)c1cc2cc(C)c(OCCCl)cc2cc1[N+](=O)[O-].Cc1cc2cc([N+](=O)[O-])c(C(=O)N3CCC[C@H]3C)cc2cc1OCCCl. The van der Waals surface area contributed by atoms with Crippen LogP contribution in [0.15, 0.2) is 48.5 Å². The molecule has 0 N–H and O–H groups in total. The lowest BCUT2D eigenvalue weighted by molar-refractivity contribution is -0.385. The van der Waals surface area contributed by atoms with Crippen molar-refractivity contribution in [2.24, 2.45) is 0 Å². The van der Waals surface area contributed by atoms with Gasteiger partial charge >= 0.3 is 0 Å². The predicted molar refractivity (Wildman–Crippen MR) is 237 cm³/mol. The molecule has 58 heavy (non-hydrogen) atoms. The number of likely N-dealkylation sites (tertiary alicyclic amines) is 2. The van der Waals surface area contributed by atoms with Crippen LogP contribution in [0.1, 0.15) is 78.3 Å². The summed E-state index contributed by atoms with van der Waals surface area (Å²) in [6, 6.07) is 13.7. The van der Waals surface area contributed by atoms with Gasteiger partial charge in [0.15, 0.2) is 0 Å². The van der Waals surface area contributed by atoms with Crippen LogP contribution in [0.3, 0.4) is 0 Å². The monoisotopic (exact) mass is 872 g/mol. The summed E-state index contributed by atoms with van der Waals surface area (Å²) in [5, 5.41) is 26.4. The highest BCUT2D eigenvalue weighted by atomic mass is 35.5. The van der Waals surface area contributed by atoms with E-state index in [1.807, 2.05) is 67.4 Å². The Morgan fingerprint density at radius 2 is 1.16 bits per heavy atom. The normalized spacial score (nSPS) is 16.5. The fourth-order valence-corrected chi connectivity index (χ4v) is 10.6. The Bertz CT molecular complexity index is 2150. The highest BCUT2D eigenvalue weighted by Crippen LogP contribution is 2.38. The van der Waals surface area contributed by atoms with Crippen molar-refractivity contribution in [3.05, 3.63) is 91.0 Å². The Kier molecular flexibility index (Phi) is 16.2. The summed E-state index contributed by atoms with van der Waals surface area (Å²) in [5.41, 5.74) is 1.73. The number of carbonyl (C=O) groups excluding carboxylic acids is 2. The molecular formula is C42H50Cl2N4O8S2. The minimum absolute atomic E-state index is 0.0840. The number of carbonyl (C=O) groups is 2. The molecule has 6 rings (SSSR count). The van der Waals surface area contributed by atoms with E-state index in [0.29, 0.717) is 60.3 Å². The van der Waals surface area contributed by atoms with Gasteiger partial charge < -0.3 is 19.3 Å². The van der Waals surface area contributed by atoms with Crippen molar-refractivity contribution in [2.75, 3.05) is 49.6 Å². The van der Waals surface area contributed by atoms with Crippen LogP contribution in [-0.2, 0) is 0 Å². The number of halogens is 2. The van der Waals surface area contributed by atoms with Crippen LogP contribution in [-0.4, -0.2) is 97.7 Å². The molecule has 0 saturated carbocycles. The summed E-state index contributed by atoms with van der Waals surface area (Å²) in [7, 11) is 0. The van der Waals surface area contributed by atoms with Crippen molar-refractivity contribution in [3.63, 3.8) is 0 Å². The molecule has 2 fully saturated rings. The summed E-state index contributed by atoms with van der Waals surface area (Å²) in [6.45, 7) is 12.0. The molecule has 12 nitrogen and oxygen atoms in total. The maximum Gasteiger partial charge on any atom is 0.282 e. The second-order valence-corrected chi connectivity index (χ2v) is 18.1. The molecule has 2 aliphatic heterocycles. The summed E-state index contributed by atoms with van der Waals surface area (Å²) < 4.78 is 11.6. The molecule has 4 aromatic rings. The number of benzene rings is 4. The molecule has 2 aliphatic rings. The van der Waals surface area contributed by atoms with Gasteiger partial charge in [-0.15, -0.1) is 46.7 Å². The van der Waals surface area contributed by atoms with Crippen molar-refractivity contribution < 1.29 is 28.9 Å². The first-order valence-corrected chi connectivity index (χ1v) is 22.7. The smallest absolute Gasteiger partial charge is 0.282 e. The standard InChI is InChI=1S/C23H29ClN2O4S2.C19H21ClN2O4/c1-4-31-23(32-5-2)19-7-6-9-25(19)22(27)18-12-16-11-15(3)21(30-10-8-24)14-17(16)13-20(18)26(28)29;1-12-8-14-10-17(22(24)25)16(19(23)21-6-3-4-13(21)2)9-15(14)11-18(12)26-7-5-20/h11-14,19,23H,4-10H2,1-3H3;8-11,13H,3-7H2,1-2H3/t19-;13-/m01/s1. The molecule has 0 aromatic heterocycles. The zero-order chi connectivity index (χ0) is 42.1. The van der Waals surface area contributed by atoms with E-state index in [2.05, 4.69) is 13.8 Å². The molecule has 2 amide bonds. The van der Waals surface area contributed by atoms with E-state index in [-0.39, 0.29) is 51.0 Å². The predicted octanol–water partition coefficient (Wildman–Crippen LogP) is 10.4. The number of nitro groups is 2. The minimum Gasteiger partial charge on any atom is -0.492 e. The molecule has 4 aromatic carbocycles. The number of aryl methyl sites for hydroxylation is 2. The molecule has 16 heteroatoms. The fraction of sp³-hybridized carbons (Fsp3) is 0.476. The number of nitrogens with zero attached hydrogens (tertiary/aromatic N) is 4. The van der Waals surface area contributed by atoms with Gasteiger partial charge in [-0.1, -0.05) is 13.8 Å². The molecule has 2 saturated heterocycles. The first-order chi connectivity index (χ1) is 27.8. The van der Waals surface area contributed by atoms with Crippen molar-refractivity contribution in [1.29, 1.82) is 0 Å². The minimum atomic E-state index is -0.485. The van der Waals surface area contributed by atoms with Crippen LogP contribution in [0.25, 0.3) is 21.5 Å². The van der Waals surface area contributed by atoms with Gasteiger partial charge in [0.1, 0.15) is 35.8 Å². The molecule has 0 spiro atoms. The Balaban J connectivity index is 0.000000226. The summed E-state index contributed by atoms with van der Waals surface area (Å²) in [6.07, 6.45) is 3.69. The van der Waals surface area contributed by atoms with Gasteiger partial charge in [-0.3, -0.25) is 29.8 Å². The number of alkyl halides is 2. The molecule has 2 heterocycles. The van der Waals surface area contributed by atoms with Gasteiger partial charge in [0, 0.05) is 31.3 Å². The molecule has 0 bridgehead atoms. The van der Waals surface area contributed by atoms with E-state index < -0.39 is 9.85 Å². The van der Waals surface area contributed by atoms with E-state index in [1.54, 1.807) is 23.1 Å². The topological polar surface area (TPSA) is 145 Å². The van der Waals surface area contributed by atoms with Crippen LogP contribution in [0.4, 0.5) is 11.4 Å². The quantitative estimate of drug-likeness (QED) is 0.0490. The first kappa shape index (κ1) is 45.1.